The number of hydrogen-bond acceptors (Lipinski definition) is 1. The molecule has 1 nitrogen and oxygen atoms in total. The predicted molar refractivity (Wildman–Crippen MR) is 60.6 cm³/mol. The quantitative estimate of drug-likeness (QED) is 0.633. The molecule has 1 aliphatic rings. The summed E-state index contributed by atoms with van der Waals surface area (Å²) in [6.45, 7) is 8.70. The van der Waals surface area contributed by atoms with E-state index in [0.29, 0.717) is 11.8 Å². The lowest BCUT2D eigenvalue weighted by Crippen LogP contribution is -2.32. The molecule has 1 fully saturated rings. The Morgan fingerprint density at radius 2 is 1.92 bits per heavy atom. The van der Waals surface area contributed by atoms with Crippen LogP contribution in [0.2, 0.25) is 13.1 Å². The summed E-state index contributed by atoms with van der Waals surface area (Å²) < 4.78 is 6.10. The third-order valence-electron chi connectivity index (χ3n) is 2.95. The van der Waals surface area contributed by atoms with Crippen molar-refractivity contribution in [2.45, 2.75) is 63.5 Å². The van der Waals surface area contributed by atoms with Crippen molar-refractivity contribution >= 4 is 8.80 Å². The molecule has 0 saturated heterocycles. The van der Waals surface area contributed by atoms with E-state index in [1.807, 2.05) is 0 Å². The Labute approximate surface area is 84.5 Å². The maximum Gasteiger partial charge on any atom is 0.0656 e. The second kappa shape index (κ2) is 5.81. The van der Waals surface area contributed by atoms with Crippen molar-refractivity contribution in [2.75, 3.05) is 0 Å². The minimum absolute atomic E-state index is 0.517. The van der Waals surface area contributed by atoms with E-state index in [2.05, 4.69) is 20.0 Å². The van der Waals surface area contributed by atoms with Crippen LogP contribution in [0.5, 0.6) is 0 Å². The van der Waals surface area contributed by atoms with Crippen LogP contribution in [0.25, 0.3) is 0 Å². The average molecular weight is 199 g/mol. The van der Waals surface area contributed by atoms with Crippen LogP contribution in [0.3, 0.4) is 0 Å². The Hall–Kier alpha value is 0.177. The highest BCUT2D eigenvalue weighted by Gasteiger charge is 2.20. The summed E-state index contributed by atoms with van der Waals surface area (Å²) in [5, 5.41) is 0. The maximum atomic E-state index is 6.10. The normalized spacial score (nSPS) is 22.2. The fourth-order valence-electron chi connectivity index (χ4n) is 2.01. The van der Waals surface area contributed by atoms with Crippen molar-refractivity contribution in [3.05, 3.63) is 6.92 Å². The molecule has 1 unspecified atom stereocenters. The summed E-state index contributed by atoms with van der Waals surface area (Å²) in [5.41, 5.74) is 0.517. The summed E-state index contributed by atoms with van der Waals surface area (Å²) in [6.07, 6.45) is 8.27. The van der Waals surface area contributed by atoms with Gasteiger partial charge in [-0.2, -0.15) is 0 Å². The second-order valence-electron chi connectivity index (χ2n) is 4.47. The van der Waals surface area contributed by atoms with E-state index in [1.165, 1.54) is 32.1 Å². The van der Waals surface area contributed by atoms with Crippen molar-refractivity contribution < 1.29 is 4.74 Å². The molecule has 0 aromatic heterocycles. The Bertz CT molecular complexity index is 130. The van der Waals surface area contributed by atoms with E-state index in [0.717, 1.165) is 6.42 Å². The van der Waals surface area contributed by atoms with E-state index in [4.69, 9.17) is 4.74 Å². The third kappa shape index (κ3) is 3.82. The predicted octanol–water partition coefficient (Wildman–Crippen LogP) is 2.95. The highest BCUT2D eigenvalue weighted by atomic mass is 28.3. The van der Waals surface area contributed by atoms with Crippen LogP contribution in [0.1, 0.15) is 38.5 Å². The van der Waals surface area contributed by atoms with Gasteiger partial charge in [-0.15, -0.1) is 0 Å². The number of ether oxygens (including phenoxy) is 1. The van der Waals surface area contributed by atoms with Crippen molar-refractivity contribution in [1.82, 2.24) is 0 Å². The van der Waals surface area contributed by atoms with Gasteiger partial charge in [0, 0.05) is 5.73 Å². The first-order valence-electron chi connectivity index (χ1n) is 5.68. The van der Waals surface area contributed by atoms with Crippen molar-refractivity contribution in [3.8, 4) is 0 Å². The fraction of sp³-hybridized carbons (Fsp3) is 0.909. The number of hydrogen-bond donors (Lipinski definition) is 0. The van der Waals surface area contributed by atoms with Crippen LogP contribution >= 0.6 is 0 Å². The molecular formula is C11H23OSi. The van der Waals surface area contributed by atoms with E-state index in [9.17, 15) is 0 Å². The monoisotopic (exact) mass is 199 g/mol. The maximum absolute atomic E-state index is 6.10. The molecule has 0 aliphatic heterocycles. The van der Waals surface area contributed by atoms with E-state index < -0.39 is 8.80 Å². The summed E-state index contributed by atoms with van der Waals surface area (Å²) in [5.74, 6) is 0. The molecule has 0 amide bonds. The Morgan fingerprint density at radius 3 is 2.38 bits per heavy atom. The fourth-order valence-corrected chi connectivity index (χ4v) is 3.21. The van der Waals surface area contributed by atoms with Gasteiger partial charge < -0.3 is 4.74 Å². The third-order valence-corrected chi connectivity index (χ3v) is 4.93. The molecule has 0 N–H and O–H groups in total. The average Bonchev–Trinajstić information content (AvgIpc) is 2.15. The Kier molecular flexibility index (Phi) is 5.03. The largest absolute Gasteiger partial charge is 0.379 e. The lowest BCUT2D eigenvalue weighted by Gasteiger charge is -2.28. The lowest BCUT2D eigenvalue weighted by molar-refractivity contribution is 0.00645. The van der Waals surface area contributed by atoms with Gasteiger partial charge in [0.05, 0.1) is 14.9 Å². The molecule has 0 heterocycles. The van der Waals surface area contributed by atoms with Crippen LogP contribution in [0, 0.1) is 6.92 Å². The van der Waals surface area contributed by atoms with E-state index in [-0.39, 0.29) is 0 Å². The molecule has 0 spiro atoms. The van der Waals surface area contributed by atoms with Gasteiger partial charge in [-0.05, 0) is 19.3 Å². The first-order valence-corrected chi connectivity index (χ1v) is 8.66. The highest BCUT2D eigenvalue weighted by Crippen LogP contribution is 2.22. The summed E-state index contributed by atoms with van der Waals surface area (Å²) in [7, 11) is -0.641. The van der Waals surface area contributed by atoms with Crippen LogP contribution < -0.4 is 0 Å². The smallest absolute Gasteiger partial charge is 0.0656 e. The molecule has 13 heavy (non-hydrogen) atoms. The van der Waals surface area contributed by atoms with Crippen LogP contribution in [-0.4, -0.2) is 20.6 Å². The zero-order valence-electron chi connectivity index (χ0n) is 9.09. The van der Waals surface area contributed by atoms with Gasteiger partial charge in [0.25, 0.3) is 0 Å². The van der Waals surface area contributed by atoms with Crippen molar-refractivity contribution in [2.24, 2.45) is 0 Å². The SMILES string of the molecule is [CH2]CC(OC1CCCCC1)[SiH](C)C. The molecule has 1 aliphatic carbocycles. The standard InChI is InChI=1S/C11H23OSi/c1-4-11(13(2)3)12-10-8-6-5-7-9-10/h10-11,13H,1,4-9H2,2-3H3. The summed E-state index contributed by atoms with van der Waals surface area (Å²) >= 11 is 0. The van der Waals surface area contributed by atoms with Crippen LogP contribution in [-0.2, 0) is 4.74 Å². The Balaban J connectivity index is 2.27. The van der Waals surface area contributed by atoms with Crippen LogP contribution in [0.15, 0.2) is 0 Å². The lowest BCUT2D eigenvalue weighted by atomic mass is 9.98. The molecule has 0 aromatic carbocycles. The highest BCUT2D eigenvalue weighted by molar-refractivity contribution is 6.57. The molecule has 2 heteroatoms. The molecule has 77 valence electrons. The van der Waals surface area contributed by atoms with Gasteiger partial charge >= 0.3 is 0 Å². The summed E-state index contributed by atoms with van der Waals surface area (Å²) in [4.78, 5) is 0. The zero-order valence-corrected chi connectivity index (χ0v) is 10.2. The van der Waals surface area contributed by atoms with Gasteiger partial charge in [0.1, 0.15) is 0 Å². The molecule has 1 rings (SSSR count). The molecule has 1 radical (unpaired) electrons. The second-order valence-corrected chi connectivity index (χ2v) is 7.70. The van der Waals surface area contributed by atoms with Crippen molar-refractivity contribution in [3.63, 3.8) is 0 Å². The Morgan fingerprint density at radius 1 is 1.31 bits per heavy atom. The summed E-state index contributed by atoms with van der Waals surface area (Å²) in [6, 6.07) is 0. The van der Waals surface area contributed by atoms with Gasteiger partial charge in [-0.1, -0.05) is 39.3 Å². The molecule has 1 atom stereocenters. The zero-order chi connectivity index (χ0) is 9.68. The molecule has 0 aromatic rings. The van der Waals surface area contributed by atoms with E-state index in [1.54, 1.807) is 0 Å². The minimum Gasteiger partial charge on any atom is -0.379 e. The minimum atomic E-state index is -0.641. The van der Waals surface area contributed by atoms with E-state index >= 15 is 0 Å². The first kappa shape index (κ1) is 11.3. The van der Waals surface area contributed by atoms with Gasteiger partial charge in [-0.25, -0.2) is 0 Å². The van der Waals surface area contributed by atoms with Crippen LogP contribution in [0.4, 0.5) is 0 Å². The van der Waals surface area contributed by atoms with Gasteiger partial charge in [-0.3, -0.25) is 0 Å². The topological polar surface area (TPSA) is 9.23 Å². The first-order chi connectivity index (χ1) is 6.24. The number of rotatable bonds is 4. The van der Waals surface area contributed by atoms with Gasteiger partial charge in [0.2, 0.25) is 0 Å². The molecule has 0 bridgehead atoms. The van der Waals surface area contributed by atoms with Crippen molar-refractivity contribution in [1.29, 1.82) is 0 Å². The molecular weight excluding hydrogens is 176 g/mol. The molecule has 1 saturated carbocycles. The van der Waals surface area contributed by atoms with Gasteiger partial charge in [0.15, 0.2) is 0 Å².